The minimum Gasteiger partial charge on any atom is -0.481 e. The van der Waals surface area contributed by atoms with Crippen molar-refractivity contribution in [3.05, 3.63) is 6.07 Å². The molecule has 1 atom stereocenters. The van der Waals surface area contributed by atoms with Gasteiger partial charge in [0.15, 0.2) is 5.60 Å². The number of nitrogens with one attached hydrogen (secondary N) is 1. The molecule has 1 unspecified atom stereocenters. The van der Waals surface area contributed by atoms with E-state index in [1.54, 1.807) is 0 Å². The molecule has 8 heteroatoms. The minimum atomic E-state index is -1.92. The van der Waals surface area contributed by atoms with Gasteiger partial charge in [-0.1, -0.05) is 0 Å². The van der Waals surface area contributed by atoms with Crippen LogP contribution in [0.5, 0.6) is 11.8 Å². The molecule has 0 saturated heterocycles. The smallest absolute Gasteiger partial charge is 0.337 e. The molecule has 0 saturated carbocycles. The van der Waals surface area contributed by atoms with Crippen LogP contribution in [0.2, 0.25) is 0 Å². The SMILES string of the molecule is COc1cc(OC)nc(NCC(C)(O)C(=O)O)n1. The van der Waals surface area contributed by atoms with Crippen molar-refractivity contribution in [3.8, 4) is 11.8 Å². The summed E-state index contributed by atoms with van der Waals surface area (Å²) in [5.41, 5.74) is -1.92. The third kappa shape index (κ3) is 3.45. The molecule has 0 fully saturated rings. The Morgan fingerprint density at radius 2 is 1.89 bits per heavy atom. The number of methoxy groups -OCH3 is 2. The van der Waals surface area contributed by atoms with E-state index in [0.29, 0.717) is 0 Å². The molecule has 0 aliphatic carbocycles. The lowest BCUT2D eigenvalue weighted by Gasteiger charge is -2.18. The van der Waals surface area contributed by atoms with Gasteiger partial charge in [-0.15, -0.1) is 0 Å². The molecule has 1 rings (SSSR count). The fourth-order valence-electron chi connectivity index (χ4n) is 1.02. The van der Waals surface area contributed by atoms with Crippen LogP contribution in [0.3, 0.4) is 0 Å². The van der Waals surface area contributed by atoms with Crippen LogP contribution in [0.25, 0.3) is 0 Å². The number of aliphatic hydroxyl groups is 1. The maximum atomic E-state index is 10.7. The number of hydrogen-bond acceptors (Lipinski definition) is 7. The molecule has 0 aromatic carbocycles. The fourth-order valence-corrected chi connectivity index (χ4v) is 1.02. The van der Waals surface area contributed by atoms with Gasteiger partial charge in [0.2, 0.25) is 17.7 Å². The van der Waals surface area contributed by atoms with Crippen LogP contribution in [0.15, 0.2) is 6.07 Å². The first kappa shape index (κ1) is 14.0. The maximum absolute atomic E-state index is 10.7. The largest absolute Gasteiger partial charge is 0.481 e. The summed E-state index contributed by atoms with van der Waals surface area (Å²) in [6.45, 7) is 0.915. The summed E-state index contributed by atoms with van der Waals surface area (Å²) in [4.78, 5) is 18.6. The molecule has 18 heavy (non-hydrogen) atoms. The second kappa shape index (κ2) is 5.50. The number of hydrogen-bond donors (Lipinski definition) is 3. The Morgan fingerprint density at radius 1 is 1.39 bits per heavy atom. The first-order valence-electron chi connectivity index (χ1n) is 5.05. The van der Waals surface area contributed by atoms with Crippen molar-refractivity contribution in [2.75, 3.05) is 26.1 Å². The van der Waals surface area contributed by atoms with E-state index in [1.807, 2.05) is 0 Å². The molecule has 0 aliphatic rings. The molecule has 0 aliphatic heterocycles. The van der Waals surface area contributed by atoms with E-state index < -0.39 is 11.6 Å². The predicted molar refractivity (Wildman–Crippen MR) is 61.9 cm³/mol. The van der Waals surface area contributed by atoms with Crippen LogP contribution in [-0.2, 0) is 4.79 Å². The Balaban J connectivity index is 2.81. The Morgan fingerprint density at radius 3 is 2.28 bits per heavy atom. The number of rotatable bonds is 6. The highest BCUT2D eigenvalue weighted by atomic mass is 16.5. The minimum absolute atomic E-state index is 0.104. The summed E-state index contributed by atoms with van der Waals surface area (Å²) < 4.78 is 9.85. The molecule has 3 N–H and O–H groups in total. The summed E-state index contributed by atoms with van der Waals surface area (Å²) in [6.07, 6.45) is 0. The van der Waals surface area contributed by atoms with E-state index in [9.17, 15) is 9.90 Å². The average molecular weight is 257 g/mol. The zero-order chi connectivity index (χ0) is 13.8. The Labute approximate surface area is 104 Å². The van der Waals surface area contributed by atoms with Gasteiger partial charge in [-0.3, -0.25) is 0 Å². The lowest BCUT2D eigenvalue weighted by molar-refractivity contribution is -0.155. The summed E-state index contributed by atoms with van der Waals surface area (Å²) >= 11 is 0. The molecule has 0 radical (unpaired) electrons. The lowest BCUT2D eigenvalue weighted by atomic mass is 10.1. The number of ether oxygens (including phenoxy) is 2. The van der Waals surface area contributed by atoms with E-state index in [4.69, 9.17) is 14.6 Å². The van der Waals surface area contributed by atoms with Crippen LogP contribution in [0, 0.1) is 0 Å². The standard InChI is InChI=1S/C10H15N3O5/c1-10(16,8(14)15)5-11-9-12-6(17-2)4-7(13-9)18-3/h4,16H,5H2,1-3H3,(H,14,15)(H,11,12,13). The first-order valence-corrected chi connectivity index (χ1v) is 5.05. The van der Waals surface area contributed by atoms with Crippen molar-refractivity contribution in [1.29, 1.82) is 0 Å². The topological polar surface area (TPSA) is 114 Å². The van der Waals surface area contributed by atoms with Crippen LogP contribution in [0.4, 0.5) is 5.95 Å². The molecular formula is C10H15N3O5. The third-order valence-electron chi connectivity index (χ3n) is 2.15. The van der Waals surface area contributed by atoms with Gasteiger partial charge < -0.3 is 25.0 Å². The lowest BCUT2D eigenvalue weighted by Crippen LogP contribution is -2.42. The van der Waals surface area contributed by atoms with Gasteiger partial charge in [-0.25, -0.2) is 4.79 Å². The first-order chi connectivity index (χ1) is 8.39. The number of anilines is 1. The van der Waals surface area contributed by atoms with Crippen LogP contribution in [0.1, 0.15) is 6.92 Å². The van der Waals surface area contributed by atoms with Crippen LogP contribution < -0.4 is 14.8 Å². The Hall–Kier alpha value is -2.09. The average Bonchev–Trinajstić information content (AvgIpc) is 2.35. The molecule has 100 valence electrons. The summed E-state index contributed by atoms with van der Waals surface area (Å²) in [7, 11) is 2.86. The van der Waals surface area contributed by atoms with Gasteiger partial charge in [-0.2, -0.15) is 9.97 Å². The number of carboxylic acid groups (broad SMARTS) is 1. The molecule has 1 heterocycles. The quantitative estimate of drug-likeness (QED) is 0.638. The highest BCUT2D eigenvalue weighted by molar-refractivity contribution is 5.77. The fraction of sp³-hybridized carbons (Fsp3) is 0.500. The van der Waals surface area contributed by atoms with E-state index in [1.165, 1.54) is 27.2 Å². The van der Waals surface area contributed by atoms with Crippen LogP contribution >= 0.6 is 0 Å². The monoisotopic (exact) mass is 257 g/mol. The maximum Gasteiger partial charge on any atom is 0.337 e. The van der Waals surface area contributed by atoms with Gasteiger partial charge in [0.05, 0.1) is 26.8 Å². The Kier molecular flexibility index (Phi) is 4.27. The highest BCUT2D eigenvalue weighted by Gasteiger charge is 2.29. The molecule has 0 spiro atoms. The number of aliphatic carboxylic acids is 1. The van der Waals surface area contributed by atoms with Crippen molar-refractivity contribution in [2.45, 2.75) is 12.5 Å². The van der Waals surface area contributed by atoms with E-state index in [2.05, 4.69) is 15.3 Å². The number of aromatic nitrogens is 2. The number of carbonyl (C=O) groups is 1. The zero-order valence-corrected chi connectivity index (χ0v) is 10.3. The predicted octanol–water partition coefficient (Wildman–Crippen LogP) is -0.259. The Bertz CT molecular complexity index is 413. The van der Waals surface area contributed by atoms with Crippen molar-refractivity contribution in [2.24, 2.45) is 0 Å². The molecule has 1 aromatic heterocycles. The number of carboxylic acids is 1. The second-order valence-corrected chi connectivity index (χ2v) is 3.71. The summed E-state index contributed by atoms with van der Waals surface area (Å²) in [5.74, 6) is -0.712. The van der Waals surface area contributed by atoms with Crippen molar-refractivity contribution in [1.82, 2.24) is 9.97 Å². The van der Waals surface area contributed by atoms with E-state index in [0.717, 1.165) is 0 Å². The molecular weight excluding hydrogens is 242 g/mol. The normalized spacial score (nSPS) is 13.6. The van der Waals surface area contributed by atoms with Crippen LogP contribution in [-0.4, -0.2) is 52.5 Å². The molecule has 8 nitrogen and oxygen atoms in total. The molecule has 0 amide bonds. The van der Waals surface area contributed by atoms with Crippen molar-refractivity contribution < 1.29 is 24.5 Å². The molecule has 0 bridgehead atoms. The number of nitrogens with zero attached hydrogens (tertiary/aromatic N) is 2. The summed E-state index contributed by atoms with van der Waals surface area (Å²) in [6, 6.07) is 1.47. The summed E-state index contributed by atoms with van der Waals surface area (Å²) in [5, 5.41) is 20.9. The van der Waals surface area contributed by atoms with Gasteiger partial charge >= 0.3 is 5.97 Å². The van der Waals surface area contributed by atoms with E-state index in [-0.39, 0.29) is 24.3 Å². The van der Waals surface area contributed by atoms with Crippen molar-refractivity contribution in [3.63, 3.8) is 0 Å². The third-order valence-corrected chi connectivity index (χ3v) is 2.15. The second-order valence-electron chi connectivity index (χ2n) is 3.71. The van der Waals surface area contributed by atoms with Gasteiger partial charge in [-0.05, 0) is 6.92 Å². The zero-order valence-electron chi connectivity index (χ0n) is 10.3. The van der Waals surface area contributed by atoms with Gasteiger partial charge in [0.1, 0.15) is 0 Å². The van der Waals surface area contributed by atoms with Gasteiger partial charge in [0.25, 0.3) is 0 Å². The highest BCUT2D eigenvalue weighted by Crippen LogP contribution is 2.17. The van der Waals surface area contributed by atoms with E-state index >= 15 is 0 Å². The van der Waals surface area contributed by atoms with Crippen molar-refractivity contribution >= 4 is 11.9 Å². The van der Waals surface area contributed by atoms with Gasteiger partial charge in [0, 0.05) is 0 Å². The molecule has 1 aromatic rings.